The monoisotopic (exact) mass is 188 g/mol. The topological polar surface area (TPSA) is 42.2 Å². The number of nitrogens with zero attached hydrogens (tertiary/aromatic N) is 3. The molecule has 72 valence electrons. The van der Waals surface area contributed by atoms with E-state index in [-0.39, 0.29) is 0 Å². The third-order valence-corrected chi connectivity index (χ3v) is 2.76. The van der Waals surface area contributed by atoms with E-state index >= 15 is 0 Å². The quantitative estimate of drug-likeness (QED) is 0.720. The van der Waals surface area contributed by atoms with E-state index < -0.39 is 0 Å². The minimum absolute atomic E-state index is 0.566. The molecular formula is C10H12N4. The van der Waals surface area contributed by atoms with Crippen molar-refractivity contribution >= 4 is 5.78 Å². The van der Waals surface area contributed by atoms with E-state index in [9.17, 15) is 0 Å². The molecule has 1 atom stereocenters. The van der Waals surface area contributed by atoms with Crippen LogP contribution in [0.25, 0.3) is 5.78 Å². The van der Waals surface area contributed by atoms with Crippen LogP contribution in [0.15, 0.2) is 24.7 Å². The standard InChI is InChI=1S/C10H12N4/c1-3-11-7-8(1)9-2-5-14-6-4-12-10(14)13-9/h2,4-6,8,11H,1,3,7H2. The highest BCUT2D eigenvalue weighted by atomic mass is 15.1. The Morgan fingerprint density at radius 1 is 1.43 bits per heavy atom. The van der Waals surface area contributed by atoms with Crippen LogP contribution >= 0.6 is 0 Å². The van der Waals surface area contributed by atoms with Crippen LogP contribution < -0.4 is 5.32 Å². The number of hydrogen-bond donors (Lipinski definition) is 1. The van der Waals surface area contributed by atoms with Gasteiger partial charge >= 0.3 is 0 Å². The summed E-state index contributed by atoms with van der Waals surface area (Å²) in [4.78, 5) is 8.71. The van der Waals surface area contributed by atoms with E-state index in [1.165, 1.54) is 6.42 Å². The SMILES string of the molecule is c1cn2ccc(C3CCNC3)nc2n1. The highest BCUT2D eigenvalue weighted by molar-refractivity contribution is 5.30. The van der Waals surface area contributed by atoms with Gasteiger partial charge in [-0.25, -0.2) is 9.97 Å². The molecule has 3 heterocycles. The van der Waals surface area contributed by atoms with Crippen molar-refractivity contribution in [1.29, 1.82) is 0 Å². The van der Waals surface area contributed by atoms with Crippen molar-refractivity contribution in [1.82, 2.24) is 19.7 Å². The van der Waals surface area contributed by atoms with Crippen molar-refractivity contribution in [3.8, 4) is 0 Å². The maximum Gasteiger partial charge on any atom is 0.233 e. The molecule has 1 unspecified atom stereocenters. The lowest BCUT2D eigenvalue weighted by Crippen LogP contribution is -2.09. The molecule has 0 radical (unpaired) electrons. The summed E-state index contributed by atoms with van der Waals surface area (Å²) in [7, 11) is 0. The smallest absolute Gasteiger partial charge is 0.233 e. The van der Waals surface area contributed by atoms with E-state index in [0.29, 0.717) is 5.92 Å². The maximum atomic E-state index is 4.53. The Morgan fingerprint density at radius 2 is 2.43 bits per heavy atom. The van der Waals surface area contributed by atoms with Gasteiger partial charge in [-0.05, 0) is 19.0 Å². The van der Waals surface area contributed by atoms with Crippen molar-refractivity contribution in [3.05, 3.63) is 30.4 Å². The van der Waals surface area contributed by atoms with Gasteiger partial charge in [-0.2, -0.15) is 0 Å². The molecule has 1 N–H and O–H groups in total. The summed E-state index contributed by atoms with van der Waals surface area (Å²) >= 11 is 0. The summed E-state index contributed by atoms with van der Waals surface area (Å²) in [5.74, 6) is 1.37. The molecule has 1 saturated heterocycles. The van der Waals surface area contributed by atoms with Crippen LogP contribution in [0, 0.1) is 0 Å². The fourth-order valence-electron chi connectivity index (χ4n) is 1.95. The second-order valence-electron chi connectivity index (χ2n) is 3.68. The van der Waals surface area contributed by atoms with Gasteiger partial charge in [-0.3, -0.25) is 4.40 Å². The summed E-state index contributed by atoms with van der Waals surface area (Å²) in [6.45, 7) is 2.15. The Bertz CT molecular complexity index is 442. The maximum absolute atomic E-state index is 4.53. The third-order valence-electron chi connectivity index (χ3n) is 2.76. The zero-order valence-corrected chi connectivity index (χ0v) is 7.85. The molecule has 0 aliphatic carbocycles. The average Bonchev–Trinajstić information content (AvgIpc) is 2.88. The third kappa shape index (κ3) is 1.19. The van der Waals surface area contributed by atoms with Crippen LogP contribution in [0.1, 0.15) is 18.0 Å². The molecular weight excluding hydrogens is 176 g/mol. The second kappa shape index (κ2) is 3.06. The molecule has 3 rings (SSSR count). The first kappa shape index (κ1) is 7.94. The van der Waals surface area contributed by atoms with Crippen molar-refractivity contribution in [2.45, 2.75) is 12.3 Å². The summed E-state index contributed by atoms with van der Waals surface area (Å²) in [6.07, 6.45) is 6.91. The number of aromatic nitrogens is 3. The minimum atomic E-state index is 0.566. The lowest BCUT2D eigenvalue weighted by atomic mass is 10.1. The number of imidazole rings is 1. The van der Waals surface area contributed by atoms with Gasteiger partial charge in [0.2, 0.25) is 5.78 Å². The normalized spacial score (nSPS) is 21.9. The van der Waals surface area contributed by atoms with E-state index in [2.05, 4.69) is 21.4 Å². The van der Waals surface area contributed by atoms with E-state index in [4.69, 9.17) is 0 Å². The largest absolute Gasteiger partial charge is 0.316 e. The highest BCUT2D eigenvalue weighted by Crippen LogP contribution is 2.20. The Labute approximate surface area is 82.0 Å². The van der Waals surface area contributed by atoms with Crippen LogP contribution in [-0.2, 0) is 0 Å². The molecule has 0 spiro atoms. The number of fused-ring (bicyclic) bond motifs is 1. The van der Waals surface area contributed by atoms with E-state index in [0.717, 1.165) is 24.6 Å². The lowest BCUT2D eigenvalue weighted by Gasteiger charge is -2.06. The van der Waals surface area contributed by atoms with Crippen molar-refractivity contribution in [2.75, 3.05) is 13.1 Å². The van der Waals surface area contributed by atoms with Crippen LogP contribution in [0.4, 0.5) is 0 Å². The molecule has 2 aromatic rings. The van der Waals surface area contributed by atoms with Gasteiger partial charge in [0.25, 0.3) is 0 Å². The number of nitrogens with one attached hydrogen (secondary N) is 1. The van der Waals surface area contributed by atoms with Crippen molar-refractivity contribution in [2.24, 2.45) is 0 Å². The average molecular weight is 188 g/mol. The lowest BCUT2D eigenvalue weighted by molar-refractivity contribution is 0.733. The van der Waals surface area contributed by atoms with Crippen LogP contribution in [0.2, 0.25) is 0 Å². The molecule has 1 fully saturated rings. The Balaban J connectivity index is 2.04. The molecule has 0 aromatic carbocycles. The Hall–Kier alpha value is -1.42. The fraction of sp³-hybridized carbons (Fsp3) is 0.400. The summed E-state index contributed by atoms with van der Waals surface area (Å²) < 4.78 is 1.94. The highest BCUT2D eigenvalue weighted by Gasteiger charge is 2.17. The molecule has 4 nitrogen and oxygen atoms in total. The van der Waals surface area contributed by atoms with Crippen LogP contribution in [-0.4, -0.2) is 27.5 Å². The Kier molecular flexibility index (Phi) is 1.73. The predicted octanol–water partition coefficient (Wildman–Crippen LogP) is 0.806. The van der Waals surface area contributed by atoms with Crippen LogP contribution in [0.5, 0.6) is 0 Å². The van der Waals surface area contributed by atoms with Crippen molar-refractivity contribution in [3.63, 3.8) is 0 Å². The van der Waals surface area contributed by atoms with Crippen LogP contribution in [0.3, 0.4) is 0 Å². The molecule has 2 aromatic heterocycles. The first-order chi connectivity index (χ1) is 6.93. The number of hydrogen-bond acceptors (Lipinski definition) is 3. The minimum Gasteiger partial charge on any atom is -0.316 e. The summed E-state index contributed by atoms with van der Waals surface area (Å²) in [6, 6.07) is 2.09. The van der Waals surface area contributed by atoms with E-state index in [1.807, 2.05) is 16.8 Å². The summed E-state index contributed by atoms with van der Waals surface area (Å²) in [5, 5.41) is 3.35. The predicted molar refractivity (Wildman–Crippen MR) is 53.2 cm³/mol. The van der Waals surface area contributed by atoms with Gasteiger partial charge in [0.05, 0.1) is 5.69 Å². The number of rotatable bonds is 1. The van der Waals surface area contributed by atoms with Gasteiger partial charge in [0.1, 0.15) is 0 Å². The van der Waals surface area contributed by atoms with Gasteiger partial charge in [-0.1, -0.05) is 0 Å². The second-order valence-corrected chi connectivity index (χ2v) is 3.68. The molecule has 4 heteroatoms. The Morgan fingerprint density at radius 3 is 3.29 bits per heavy atom. The summed E-state index contributed by atoms with van der Waals surface area (Å²) in [5.41, 5.74) is 1.16. The van der Waals surface area contributed by atoms with E-state index in [1.54, 1.807) is 6.20 Å². The molecule has 0 bridgehead atoms. The van der Waals surface area contributed by atoms with Gasteiger partial charge in [0.15, 0.2) is 0 Å². The first-order valence-corrected chi connectivity index (χ1v) is 4.94. The molecule has 14 heavy (non-hydrogen) atoms. The molecule has 0 amide bonds. The zero-order chi connectivity index (χ0) is 9.38. The van der Waals surface area contributed by atoms with Gasteiger partial charge < -0.3 is 5.32 Å². The van der Waals surface area contributed by atoms with Gasteiger partial charge in [-0.15, -0.1) is 0 Å². The van der Waals surface area contributed by atoms with Gasteiger partial charge in [0, 0.05) is 31.1 Å². The fourth-order valence-corrected chi connectivity index (χ4v) is 1.95. The molecule has 1 aliphatic heterocycles. The molecule has 0 saturated carbocycles. The first-order valence-electron chi connectivity index (χ1n) is 4.94. The zero-order valence-electron chi connectivity index (χ0n) is 7.85. The molecule has 1 aliphatic rings. The van der Waals surface area contributed by atoms with Crippen molar-refractivity contribution < 1.29 is 0 Å².